The van der Waals surface area contributed by atoms with E-state index in [4.69, 9.17) is 11.2 Å². The zero-order valence-corrected chi connectivity index (χ0v) is 19.8. The lowest BCUT2D eigenvalue weighted by Crippen LogP contribution is -2.53. The normalized spacial score (nSPS) is 12.9. The summed E-state index contributed by atoms with van der Waals surface area (Å²) in [5, 5.41) is 15.3. The van der Waals surface area contributed by atoms with Gasteiger partial charge in [0.1, 0.15) is 23.4 Å². The number of benzene rings is 1. The number of aromatic hydroxyl groups is 1. The molecule has 1 aromatic carbocycles. The molecule has 176 valence electrons. The van der Waals surface area contributed by atoms with Crippen molar-refractivity contribution in [2.45, 2.75) is 72.1 Å². The standard InChI is InChI=1S/C24H35N3O5/c1-8-10-14-25-21(29)20(17-12-11-13-18(28)15-17)27(9-2)22(30)19(16(3)4)26-23(31)32-24(5,6)7/h2,11-13,15-16,19-20,28H,8,10,14H2,1,3-7H3,(H,25,29)(H,26,31). The zero-order valence-electron chi connectivity index (χ0n) is 19.8. The quantitative estimate of drug-likeness (QED) is 0.307. The number of alkyl carbamates (subject to hydrolysis) is 1. The number of ether oxygens (including phenoxy) is 1. The fraction of sp³-hybridized carbons (Fsp3) is 0.542. The minimum atomic E-state index is -1.18. The maximum atomic E-state index is 13.4. The Balaban J connectivity index is 3.29. The van der Waals surface area contributed by atoms with Crippen LogP contribution in [0.4, 0.5) is 4.79 Å². The van der Waals surface area contributed by atoms with Crippen molar-refractivity contribution < 1.29 is 24.2 Å². The van der Waals surface area contributed by atoms with Gasteiger partial charge < -0.3 is 20.5 Å². The second-order valence-electron chi connectivity index (χ2n) is 8.85. The minimum absolute atomic E-state index is 0.0643. The highest BCUT2D eigenvalue weighted by Crippen LogP contribution is 2.26. The van der Waals surface area contributed by atoms with Crippen LogP contribution < -0.4 is 10.6 Å². The van der Waals surface area contributed by atoms with Gasteiger partial charge in [-0.1, -0.05) is 45.7 Å². The lowest BCUT2D eigenvalue weighted by atomic mass is 9.99. The van der Waals surface area contributed by atoms with Gasteiger partial charge in [-0.2, -0.15) is 0 Å². The van der Waals surface area contributed by atoms with Crippen molar-refractivity contribution in [3.8, 4) is 18.2 Å². The van der Waals surface area contributed by atoms with E-state index >= 15 is 0 Å². The molecule has 2 unspecified atom stereocenters. The zero-order chi connectivity index (χ0) is 24.5. The molecule has 1 aromatic rings. The summed E-state index contributed by atoms with van der Waals surface area (Å²) in [6.45, 7) is 11.0. The SMILES string of the molecule is C#CN(C(=O)C(NC(=O)OC(C)(C)C)C(C)C)C(C(=O)NCCCC)c1cccc(O)c1. The molecule has 8 heteroatoms. The Kier molecular flexibility index (Phi) is 10.0. The molecule has 0 saturated heterocycles. The third kappa shape index (κ3) is 8.14. The molecular formula is C24H35N3O5. The van der Waals surface area contributed by atoms with E-state index < -0.39 is 35.6 Å². The van der Waals surface area contributed by atoms with Crippen LogP contribution in [0.5, 0.6) is 5.75 Å². The molecule has 0 fully saturated rings. The smallest absolute Gasteiger partial charge is 0.408 e. The predicted molar refractivity (Wildman–Crippen MR) is 122 cm³/mol. The van der Waals surface area contributed by atoms with Crippen molar-refractivity contribution >= 4 is 17.9 Å². The van der Waals surface area contributed by atoms with E-state index in [1.807, 2.05) is 6.92 Å². The first-order chi connectivity index (χ1) is 14.9. The van der Waals surface area contributed by atoms with Crippen LogP contribution in [0.2, 0.25) is 0 Å². The topological polar surface area (TPSA) is 108 Å². The molecule has 0 bridgehead atoms. The molecule has 0 spiro atoms. The number of hydrogen-bond acceptors (Lipinski definition) is 5. The number of carbonyl (C=O) groups excluding carboxylic acids is 3. The third-order valence-corrected chi connectivity index (χ3v) is 4.50. The molecule has 0 radical (unpaired) electrons. The summed E-state index contributed by atoms with van der Waals surface area (Å²) in [5.74, 6) is -1.51. The van der Waals surface area contributed by atoms with Gasteiger partial charge in [0.15, 0.2) is 0 Å². The molecule has 2 atom stereocenters. The molecule has 0 heterocycles. The van der Waals surface area contributed by atoms with Crippen LogP contribution in [0.1, 0.15) is 66.0 Å². The molecule has 32 heavy (non-hydrogen) atoms. The van der Waals surface area contributed by atoms with Gasteiger partial charge in [-0.15, -0.1) is 0 Å². The molecule has 0 aliphatic carbocycles. The molecule has 1 rings (SSSR count). The van der Waals surface area contributed by atoms with Crippen molar-refractivity contribution in [1.82, 2.24) is 15.5 Å². The van der Waals surface area contributed by atoms with Crippen LogP contribution in [0.3, 0.4) is 0 Å². The van der Waals surface area contributed by atoms with E-state index in [1.54, 1.807) is 46.8 Å². The summed E-state index contributed by atoms with van der Waals surface area (Å²) >= 11 is 0. The van der Waals surface area contributed by atoms with Gasteiger partial charge in [0.2, 0.25) is 5.91 Å². The molecule has 3 amide bonds. The van der Waals surface area contributed by atoms with Crippen LogP contribution in [0.15, 0.2) is 24.3 Å². The molecule has 0 saturated carbocycles. The van der Waals surface area contributed by atoms with Crippen molar-refractivity contribution in [3.05, 3.63) is 29.8 Å². The monoisotopic (exact) mass is 445 g/mol. The lowest BCUT2D eigenvalue weighted by Gasteiger charge is -2.31. The molecule has 3 N–H and O–H groups in total. The summed E-state index contributed by atoms with van der Waals surface area (Å²) in [6.07, 6.45) is 6.56. The Morgan fingerprint density at radius 2 is 1.91 bits per heavy atom. The summed E-state index contributed by atoms with van der Waals surface area (Å²) in [4.78, 5) is 39.7. The maximum absolute atomic E-state index is 13.4. The van der Waals surface area contributed by atoms with E-state index in [9.17, 15) is 19.5 Å². The highest BCUT2D eigenvalue weighted by molar-refractivity contribution is 5.93. The van der Waals surface area contributed by atoms with E-state index in [0.717, 1.165) is 17.7 Å². The Bertz CT molecular complexity index is 839. The van der Waals surface area contributed by atoms with E-state index in [-0.39, 0.29) is 11.7 Å². The number of rotatable bonds is 9. The first-order valence-electron chi connectivity index (χ1n) is 10.8. The predicted octanol–water partition coefficient (Wildman–Crippen LogP) is 3.32. The number of nitrogens with one attached hydrogen (secondary N) is 2. The molecule has 0 aliphatic rings. The van der Waals surface area contributed by atoms with Gasteiger partial charge in [-0.3, -0.25) is 14.5 Å². The van der Waals surface area contributed by atoms with Gasteiger partial charge in [0.25, 0.3) is 5.91 Å². The molecule has 8 nitrogen and oxygen atoms in total. The van der Waals surface area contributed by atoms with Crippen LogP contribution in [-0.2, 0) is 14.3 Å². The molecule has 0 aliphatic heterocycles. The van der Waals surface area contributed by atoms with Crippen LogP contribution in [0.25, 0.3) is 0 Å². The van der Waals surface area contributed by atoms with Gasteiger partial charge in [0.05, 0.1) is 0 Å². The van der Waals surface area contributed by atoms with Crippen molar-refractivity contribution in [1.29, 1.82) is 0 Å². The fourth-order valence-corrected chi connectivity index (χ4v) is 2.96. The van der Waals surface area contributed by atoms with Crippen molar-refractivity contribution in [3.63, 3.8) is 0 Å². The molecular weight excluding hydrogens is 410 g/mol. The van der Waals surface area contributed by atoms with Crippen LogP contribution >= 0.6 is 0 Å². The minimum Gasteiger partial charge on any atom is -0.508 e. The number of phenols is 1. The van der Waals surface area contributed by atoms with Gasteiger partial charge in [-0.05, 0) is 50.8 Å². The lowest BCUT2D eigenvalue weighted by molar-refractivity contribution is -0.139. The number of terminal acetylenes is 1. The Hall–Kier alpha value is -3.21. The summed E-state index contributed by atoms with van der Waals surface area (Å²) in [7, 11) is 0. The second kappa shape index (κ2) is 12.0. The number of unbranched alkanes of at least 4 members (excludes halogenated alkanes) is 1. The van der Waals surface area contributed by atoms with Crippen LogP contribution in [-0.4, -0.2) is 46.1 Å². The van der Waals surface area contributed by atoms with Crippen molar-refractivity contribution in [2.75, 3.05) is 6.54 Å². The second-order valence-corrected chi connectivity index (χ2v) is 8.85. The van der Waals surface area contributed by atoms with Gasteiger partial charge >= 0.3 is 6.09 Å². The number of amides is 3. The average molecular weight is 446 g/mol. The number of hydrogen-bond donors (Lipinski definition) is 3. The highest BCUT2D eigenvalue weighted by atomic mass is 16.6. The first kappa shape index (κ1) is 26.8. The summed E-state index contributed by atoms with van der Waals surface area (Å²) < 4.78 is 5.27. The average Bonchev–Trinajstić information content (AvgIpc) is 2.68. The Morgan fingerprint density at radius 3 is 2.41 bits per heavy atom. The van der Waals surface area contributed by atoms with Gasteiger partial charge in [-0.25, -0.2) is 4.79 Å². The number of phenolic OH excluding ortho intramolecular Hbond substituents is 1. The van der Waals surface area contributed by atoms with E-state index in [1.165, 1.54) is 12.1 Å². The number of nitrogens with zero attached hydrogens (tertiary/aromatic N) is 1. The van der Waals surface area contributed by atoms with Crippen LogP contribution in [0, 0.1) is 18.4 Å². The Morgan fingerprint density at radius 1 is 1.25 bits per heavy atom. The largest absolute Gasteiger partial charge is 0.508 e. The highest BCUT2D eigenvalue weighted by Gasteiger charge is 2.37. The Labute approximate surface area is 190 Å². The van der Waals surface area contributed by atoms with Crippen molar-refractivity contribution in [2.24, 2.45) is 5.92 Å². The third-order valence-electron chi connectivity index (χ3n) is 4.50. The summed E-state index contributed by atoms with van der Waals surface area (Å²) in [6, 6.07) is 6.10. The fourth-order valence-electron chi connectivity index (χ4n) is 2.96. The van der Waals surface area contributed by atoms with Gasteiger partial charge in [0, 0.05) is 12.6 Å². The van der Waals surface area contributed by atoms with E-state index in [2.05, 4.69) is 16.7 Å². The number of carbonyl (C=O) groups is 3. The molecule has 0 aromatic heterocycles. The first-order valence-corrected chi connectivity index (χ1v) is 10.8. The summed E-state index contributed by atoms with van der Waals surface area (Å²) in [5.41, 5.74) is -0.394. The maximum Gasteiger partial charge on any atom is 0.408 e. The van der Waals surface area contributed by atoms with E-state index in [0.29, 0.717) is 12.1 Å².